The zero-order valence-electron chi connectivity index (χ0n) is 10.3. The molecular weight excluding hydrogens is 257 g/mol. The van der Waals surface area contributed by atoms with E-state index in [1.807, 2.05) is 6.92 Å². The summed E-state index contributed by atoms with van der Waals surface area (Å²) in [5, 5.41) is 6.62. The lowest BCUT2D eigenvalue weighted by atomic mass is 10.3. The first-order valence-corrected chi connectivity index (χ1v) is 5.87. The van der Waals surface area contributed by atoms with Gasteiger partial charge in [-0.1, -0.05) is 6.92 Å². The van der Waals surface area contributed by atoms with Crippen molar-refractivity contribution in [1.82, 2.24) is 14.8 Å². The van der Waals surface area contributed by atoms with Crippen LogP contribution in [0.1, 0.15) is 19.2 Å². The van der Waals surface area contributed by atoms with Crippen molar-refractivity contribution < 1.29 is 13.2 Å². The summed E-state index contributed by atoms with van der Waals surface area (Å²) in [5.41, 5.74) is -0.233. The van der Waals surface area contributed by atoms with Gasteiger partial charge in [0.15, 0.2) is 11.6 Å². The van der Waals surface area contributed by atoms with E-state index in [2.05, 4.69) is 15.4 Å². The van der Waals surface area contributed by atoms with E-state index >= 15 is 0 Å². The molecule has 1 aromatic heterocycles. The largest absolute Gasteiger partial charge is 0.375 e. The Morgan fingerprint density at radius 1 is 1.26 bits per heavy atom. The van der Waals surface area contributed by atoms with Gasteiger partial charge in [-0.3, -0.25) is 0 Å². The molecule has 2 aromatic rings. The number of nitrogens with one attached hydrogen (secondary N) is 1. The van der Waals surface area contributed by atoms with Crippen molar-refractivity contribution in [1.29, 1.82) is 0 Å². The molecule has 1 heterocycles. The second kappa shape index (κ2) is 5.73. The highest BCUT2D eigenvalue weighted by molar-refractivity contribution is 5.45. The maximum absolute atomic E-state index is 13.4. The quantitative estimate of drug-likeness (QED) is 0.849. The van der Waals surface area contributed by atoms with Crippen molar-refractivity contribution >= 4 is 5.69 Å². The van der Waals surface area contributed by atoms with E-state index in [1.165, 1.54) is 6.33 Å². The van der Waals surface area contributed by atoms with Crippen molar-refractivity contribution in [2.24, 2.45) is 0 Å². The summed E-state index contributed by atoms with van der Waals surface area (Å²) in [6.45, 7) is 2.80. The second-order valence-electron chi connectivity index (χ2n) is 4.00. The molecule has 0 amide bonds. The van der Waals surface area contributed by atoms with Crippen molar-refractivity contribution in [3.05, 3.63) is 41.7 Å². The van der Waals surface area contributed by atoms with E-state index in [0.717, 1.165) is 12.5 Å². The first-order valence-electron chi connectivity index (χ1n) is 5.87. The summed E-state index contributed by atoms with van der Waals surface area (Å²) < 4.78 is 41.1. The summed E-state index contributed by atoms with van der Waals surface area (Å²) in [5.74, 6) is -2.59. The number of benzene rings is 1. The molecule has 0 aliphatic rings. The Morgan fingerprint density at radius 3 is 2.79 bits per heavy atom. The predicted octanol–water partition coefficient (Wildman–Crippen LogP) is 2.72. The van der Waals surface area contributed by atoms with Crippen LogP contribution in [0.4, 0.5) is 18.9 Å². The van der Waals surface area contributed by atoms with Crippen LogP contribution in [0, 0.1) is 17.5 Å². The molecule has 7 heteroatoms. The molecule has 4 nitrogen and oxygen atoms in total. The van der Waals surface area contributed by atoms with E-state index in [0.29, 0.717) is 18.4 Å². The molecule has 0 radical (unpaired) electrons. The summed E-state index contributed by atoms with van der Waals surface area (Å²) in [6.07, 6.45) is 2.26. The van der Waals surface area contributed by atoms with Gasteiger partial charge in [0.25, 0.3) is 0 Å². The SMILES string of the molecule is CCCn1ncnc1CNc1cc(F)cc(F)c1F. The minimum absolute atomic E-state index is 0.139. The minimum atomic E-state index is -1.22. The Bertz CT molecular complexity index is 568. The number of anilines is 1. The van der Waals surface area contributed by atoms with Crippen molar-refractivity contribution in [3.8, 4) is 0 Å². The van der Waals surface area contributed by atoms with Gasteiger partial charge in [0.2, 0.25) is 0 Å². The lowest BCUT2D eigenvalue weighted by Crippen LogP contribution is -2.11. The number of hydrogen-bond acceptors (Lipinski definition) is 3. The molecule has 2 rings (SSSR count). The lowest BCUT2D eigenvalue weighted by Gasteiger charge is -2.09. The van der Waals surface area contributed by atoms with E-state index in [-0.39, 0.29) is 12.2 Å². The smallest absolute Gasteiger partial charge is 0.182 e. The predicted molar refractivity (Wildman–Crippen MR) is 64.0 cm³/mol. The Morgan fingerprint density at radius 2 is 2.05 bits per heavy atom. The third-order valence-corrected chi connectivity index (χ3v) is 2.56. The maximum Gasteiger partial charge on any atom is 0.182 e. The van der Waals surface area contributed by atoms with E-state index in [4.69, 9.17) is 0 Å². The highest BCUT2D eigenvalue weighted by Crippen LogP contribution is 2.19. The van der Waals surface area contributed by atoms with Gasteiger partial charge in [-0.05, 0) is 6.42 Å². The standard InChI is InChI=1S/C12H13F3N4/c1-2-3-19-11(17-7-18-19)6-16-10-5-8(13)4-9(14)12(10)15/h4-5,7,16H,2-3,6H2,1H3. The number of nitrogens with zero attached hydrogens (tertiary/aromatic N) is 3. The van der Waals surface area contributed by atoms with Crippen molar-refractivity contribution in [3.63, 3.8) is 0 Å². The molecule has 0 bridgehead atoms. The summed E-state index contributed by atoms with van der Waals surface area (Å²) in [6, 6.07) is 1.40. The van der Waals surface area contributed by atoms with Gasteiger partial charge in [-0.15, -0.1) is 0 Å². The Kier molecular flexibility index (Phi) is 4.03. The number of aromatic nitrogens is 3. The van der Waals surface area contributed by atoms with Crippen LogP contribution in [0.5, 0.6) is 0 Å². The molecule has 0 aliphatic carbocycles. The Balaban J connectivity index is 2.12. The van der Waals surface area contributed by atoms with Crippen LogP contribution in [-0.4, -0.2) is 14.8 Å². The Hall–Kier alpha value is -2.05. The molecule has 0 fully saturated rings. The van der Waals surface area contributed by atoms with Crippen LogP contribution >= 0.6 is 0 Å². The van der Waals surface area contributed by atoms with Crippen molar-refractivity contribution in [2.75, 3.05) is 5.32 Å². The van der Waals surface area contributed by atoms with Gasteiger partial charge in [0.1, 0.15) is 18.0 Å². The lowest BCUT2D eigenvalue weighted by molar-refractivity contribution is 0.497. The summed E-state index contributed by atoms with van der Waals surface area (Å²) in [7, 11) is 0. The van der Waals surface area contributed by atoms with Crippen LogP contribution in [0.2, 0.25) is 0 Å². The molecule has 0 spiro atoms. The molecule has 1 N–H and O–H groups in total. The van der Waals surface area contributed by atoms with Crippen molar-refractivity contribution in [2.45, 2.75) is 26.4 Å². The first-order chi connectivity index (χ1) is 9.11. The fourth-order valence-corrected chi connectivity index (χ4v) is 1.68. The molecule has 19 heavy (non-hydrogen) atoms. The van der Waals surface area contributed by atoms with Gasteiger partial charge in [0.05, 0.1) is 12.2 Å². The number of aryl methyl sites for hydroxylation is 1. The molecule has 0 unspecified atom stereocenters. The van der Waals surface area contributed by atoms with E-state index < -0.39 is 17.5 Å². The van der Waals surface area contributed by atoms with Crippen LogP contribution in [0.15, 0.2) is 18.5 Å². The van der Waals surface area contributed by atoms with Crippen LogP contribution in [0.3, 0.4) is 0 Å². The van der Waals surface area contributed by atoms with E-state index in [9.17, 15) is 13.2 Å². The molecule has 0 atom stereocenters. The third kappa shape index (κ3) is 3.04. The monoisotopic (exact) mass is 270 g/mol. The average molecular weight is 270 g/mol. The van der Waals surface area contributed by atoms with Gasteiger partial charge in [-0.2, -0.15) is 5.10 Å². The molecule has 0 saturated heterocycles. The zero-order chi connectivity index (χ0) is 13.8. The topological polar surface area (TPSA) is 42.7 Å². The van der Waals surface area contributed by atoms with Crippen LogP contribution < -0.4 is 5.32 Å². The maximum atomic E-state index is 13.4. The molecule has 0 aliphatic heterocycles. The minimum Gasteiger partial charge on any atom is -0.375 e. The van der Waals surface area contributed by atoms with E-state index in [1.54, 1.807) is 4.68 Å². The fourth-order valence-electron chi connectivity index (χ4n) is 1.68. The average Bonchev–Trinajstić information content (AvgIpc) is 2.80. The molecular formula is C12H13F3N4. The van der Waals surface area contributed by atoms with Gasteiger partial charge in [-0.25, -0.2) is 22.8 Å². The van der Waals surface area contributed by atoms with Gasteiger partial charge in [0, 0.05) is 18.7 Å². The summed E-state index contributed by atoms with van der Waals surface area (Å²) in [4.78, 5) is 4.00. The summed E-state index contributed by atoms with van der Waals surface area (Å²) >= 11 is 0. The Labute approximate surface area is 108 Å². The molecule has 0 saturated carbocycles. The molecule has 1 aromatic carbocycles. The highest BCUT2D eigenvalue weighted by Gasteiger charge is 2.12. The normalized spacial score (nSPS) is 10.7. The number of rotatable bonds is 5. The molecule has 102 valence electrons. The number of hydrogen-bond donors (Lipinski definition) is 1. The van der Waals surface area contributed by atoms with Crippen LogP contribution in [0.25, 0.3) is 0 Å². The zero-order valence-corrected chi connectivity index (χ0v) is 10.3. The second-order valence-corrected chi connectivity index (χ2v) is 4.00. The van der Waals surface area contributed by atoms with Gasteiger partial charge >= 0.3 is 0 Å². The third-order valence-electron chi connectivity index (χ3n) is 2.56. The van der Waals surface area contributed by atoms with Gasteiger partial charge < -0.3 is 5.32 Å². The van der Waals surface area contributed by atoms with Crippen LogP contribution in [-0.2, 0) is 13.1 Å². The number of halogens is 3. The first kappa shape index (κ1) is 13.4. The highest BCUT2D eigenvalue weighted by atomic mass is 19.2. The fraction of sp³-hybridized carbons (Fsp3) is 0.333.